The Kier molecular flexibility index (Phi) is 10.3. The molecule has 2 rings (SSSR count). The van der Waals surface area contributed by atoms with Gasteiger partial charge < -0.3 is 15.5 Å². The number of nitrogens with one attached hydrogen (secondary N) is 2. The van der Waals surface area contributed by atoms with Gasteiger partial charge in [0.2, 0.25) is 5.91 Å². The first-order chi connectivity index (χ1) is 12.8. The van der Waals surface area contributed by atoms with Crippen molar-refractivity contribution in [1.29, 1.82) is 0 Å². The van der Waals surface area contributed by atoms with Crippen LogP contribution in [-0.2, 0) is 4.79 Å². The molecule has 146 valence electrons. The van der Waals surface area contributed by atoms with Gasteiger partial charge >= 0.3 is 6.03 Å². The fourth-order valence-corrected chi connectivity index (χ4v) is 2.31. The molecular formula is C20H25Cl2N3O2. The van der Waals surface area contributed by atoms with E-state index in [1.54, 1.807) is 30.1 Å². The van der Waals surface area contributed by atoms with Crippen LogP contribution in [0.15, 0.2) is 48.5 Å². The minimum atomic E-state index is -0.142. The number of anilines is 2. The Morgan fingerprint density at radius 3 is 2.19 bits per heavy atom. The summed E-state index contributed by atoms with van der Waals surface area (Å²) in [5, 5.41) is 6.34. The van der Waals surface area contributed by atoms with Gasteiger partial charge in [-0.15, -0.1) is 0 Å². The number of rotatable bonds is 5. The lowest BCUT2D eigenvalue weighted by Gasteiger charge is -2.17. The number of amides is 3. The van der Waals surface area contributed by atoms with Crippen LogP contribution in [0.4, 0.5) is 16.2 Å². The highest BCUT2D eigenvalue weighted by atomic mass is 35.5. The van der Waals surface area contributed by atoms with E-state index >= 15 is 0 Å². The maximum Gasteiger partial charge on any atom is 0.321 e. The first-order valence-corrected chi connectivity index (χ1v) is 9.39. The Balaban J connectivity index is 0.000000309. The molecule has 27 heavy (non-hydrogen) atoms. The van der Waals surface area contributed by atoms with E-state index < -0.39 is 0 Å². The number of halogens is 2. The summed E-state index contributed by atoms with van der Waals surface area (Å²) in [6.45, 7) is 4.32. The van der Waals surface area contributed by atoms with Crippen LogP contribution in [0.5, 0.6) is 0 Å². The number of nitrogens with zero attached hydrogens (tertiary/aromatic N) is 1. The molecule has 0 aliphatic carbocycles. The number of unbranched alkanes of at least 4 members (excludes halogenated alkanes) is 1. The van der Waals surface area contributed by atoms with Gasteiger partial charge in [-0.25, -0.2) is 4.79 Å². The average molecular weight is 410 g/mol. The zero-order valence-electron chi connectivity index (χ0n) is 15.8. The highest BCUT2D eigenvalue weighted by Crippen LogP contribution is 2.25. The summed E-state index contributed by atoms with van der Waals surface area (Å²) in [6, 6.07) is 14.2. The maximum atomic E-state index is 11.8. The predicted octanol–water partition coefficient (Wildman–Crippen LogP) is 5.90. The SMILES string of the molecule is CC(=O)Nc1ccccc1.CCCCN(C)C(=O)Nc1ccc(Cl)c(Cl)c1. The molecule has 0 aliphatic rings. The molecule has 0 spiro atoms. The van der Waals surface area contributed by atoms with Crippen molar-refractivity contribution in [2.45, 2.75) is 26.7 Å². The fourth-order valence-electron chi connectivity index (χ4n) is 2.01. The summed E-state index contributed by atoms with van der Waals surface area (Å²) in [4.78, 5) is 23.9. The second-order valence-corrected chi connectivity index (χ2v) is 6.70. The number of para-hydroxylation sites is 1. The van der Waals surface area contributed by atoms with Crippen LogP contribution in [0.1, 0.15) is 26.7 Å². The number of hydrogen-bond donors (Lipinski definition) is 2. The van der Waals surface area contributed by atoms with Gasteiger partial charge in [0.25, 0.3) is 0 Å². The standard InChI is InChI=1S/C12H16Cl2N2O.C8H9NO/c1-3-4-7-16(2)12(17)15-9-5-6-10(13)11(14)8-9;1-7(10)9-8-5-3-2-4-6-8/h5-6,8H,3-4,7H2,1-2H3,(H,15,17);2-6H,1H3,(H,9,10). The quantitative estimate of drug-likeness (QED) is 0.645. The Morgan fingerprint density at radius 1 is 0.963 bits per heavy atom. The molecule has 0 fully saturated rings. The summed E-state index contributed by atoms with van der Waals surface area (Å²) in [5.74, 6) is -0.0359. The second-order valence-electron chi connectivity index (χ2n) is 5.88. The third-order valence-electron chi connectivity index (χ3n) is 3.46. The van der Waals surface area contributed by atoms with Crippen LogP contribution < -0.4 is 10.6 Å². The molecule has 0 bridgehead atoms. The van der Waals surface area contributed by atoms with Gasteiger partial charge in [-0.05, 0) is 36.8 Å². The lowest BCUT2D eigenvalue weighted by Crippen LogP contribution is -2.32. The number of hydrogen-bond acceptors (Lipinski definition) is 2. The zero-order valence-corrected chi connectivity index (χ0v) is 17.3. The maximum absolute atomic E-state index is 11.8. The van der Waals surface area contributed by atoms with Gasteiger partial charge in [0, 0.05) is 31.9 Å². The highest BCUT2D eigenvalue weighted by molar-refractivity contribution is 6.42. The third kappa shape index (κ3) is 9.31. The molecule has 0 atom stereocenters. The summed E-state index contributed by atoms with van der Waals surface area (Å²) < 4.78 is 0. The molecule has 0 radical (unpaired) electrons. The van der Waals surface area contributed by atoms with E-state index in [4.69, 9.17) is 23.2 Å². The summed E-state index contributed by atoms with van der Waals surface area (Å²) in [6.07, 6.45) is 2.05. The fraction of sp³-hybridized carbons (Fsp3) is 0.300. The number of carbonyl (C=O) groups is 2. The smallest absolute Gasteiger partial charge is 0.321 e. The molecule has 0 heterocycles. The topological polar surface area (TPSA) is 61.4 Å². The van der Waals surface area contributed by atoms with Crippen molar-refractivity contribution in [3.8, 4) is 0 Å². The molecule has 0 aromatic heterocycles. The summed E-state index contributed by atoms with van der Waals surface area (Å²) >= 11 is 11.7. The van der Waals surface area contributed by atoms with Crippen molar-refractivity contribution in [1.82, 2.24) is 4.90 Å². The van der Waals surface area contributed by atoms with E-state index in [0.717, 1.165) is 25.1 Å². The Morgan fingerprint density at radius 2 is 1.63 bits per heavy atom. The molecule has 5 nitrogen and oxygen atoms in total. The molecule has 7 heteroatoms. The molecule has 2 aromatic carbocycles. The number of carbonyl (C=O) groups excluding carboxylic acids is 2. The van der Waals surface area contributed by atoms with Crippen LogP contribution in [0.2, 0.25) is 10.0 Å². The van der Waals surface area contributed by atoms with Gasteiger partial charge in [0.1, 0.15) is 0 Å². The van der Waals surface area contributed by atoms with Gasteiger partial charge in [-0.1, -0.05) is 54.7 Å². The van der Waals surface area contributed by atoms with E-state index in [-0.39, 0.29) is 11.9 Å². The van der Waals surface area contributed by atoms with Crippen molar-refractivity contribution in [3.63, 3.8) is 0 Å². The van der Waals surface area contributed by atoms with Crippen molar-refractivity contribution in [2.75, 3.05) is 24.2 Å². The Bertz CT molecular complexity index is 739. The van der Waals surface area contributed by atoms with Gasteiger partial charge in [0.05, 0.1) is 10.0 Å². The number of benzene rings is 2. The van der Waals surface area contributed by atoms with E-state index in [0.29, 0.717) is 15.7 Å². The predicted molar refractivity (Wildman–Crippen MR) is 114 cm³/mol. The van der Waals surface area contributed by atoms with Crippen LogP contribution in [-0.4, -0.2) is 30.4 Å². The van der Waals surface area contributed by atoms with Crippen LogP contribution in [0.25, 0.3) is 0 Å². The number of urea groups is 1. The van der Waals surface area contributed by atoms with E-state index in [1.807, 2.05) is 30.3 Å². The van der Waals surface area contributed by atoms with Gasteiger partial charge in [-0.3, -0.25) is 4.79 Å². The Hall–Kier alpha value is -2.24. The molecule has 2 aromatic rings. The van der Waals surface area contributed by atoms with Crippen molar-refractivity contribution in [2.24, 2.45) is 0 Å². The van der Waals surface area contributed by atoms with E-state index in [2.05, 4.69) is 17.6 Å². The zero-order chi connectivity index (χ0) is 20.2. The normalized spacial score (nSPS) is 9.67. The monoisotopic (exact) mass is 409 g/mol. The first-order valence-electron chi connectivity index (χ1n) is 8.63. The average Bonchev–Trinajstić information content (AvgIpc) is 2.63. The van der Waals surface area contributed by atoms with Crippen molar-refractivity contribution in [3.05, 3.63) is 58.6 Å². The minimum Gasteiger partial charge on any atom is -0.328 e. The molecule has 0 saturated carbocycles. The molecular weight excluding hydrogens is 385 g/mol. The lowest BCUT2D eigenvalue weighted by atomic mass is 10.3. The van der Waals surface area contributed by atoms with E-state index in [9.17, 15) is 9.59 Å². The molecule has 0 aliphatic heterocycles. The summed E-state index contributed by atoms with van der Waals surface area (Å²) in [5.41, 5.74) is 1.49. The lowest BCUT2D eigenvalue weighted by molar-refractivity contribution is -0.114. The van der Waals surface area contributed by atoms with Crippen LogP contribution in [0, 0.1) is 0 Å². The van der Waals surface area contributed by atoms with Gasteiger partial charge in [0.15, 0.2) is 0 Å². The molecule has 0 saturated heterocycles. The largest absolute Gasteiger partial charge is 0.328 e. The van der Waals surface area contributed by atoms with Crippen LogP contribution in [0.3, 0.4) is 0 Å². The summed E-state index contributed by atoms with van der Waals surface area (Å²) in [7, 11) is 1.77. The second kappa shape index (κ2) is 12.2. The molecule has 2 N–H and O–H groups in total. The minimum absolute atomic E-state index is 0.0359. The first kappa shape index (κ1) is 22.8. The third-order valence-corrected chi connectivity index (χ3v) is 4.20. The van der Waals surface area contributed by atoms with Gasteiger partial charge in [-0.2, -0.15) is 0 Å². The molecule has 3 amide bonds. The van der Waals surface area contributed by atoms with Crippen molar-refractivity contribution < 1.29 is 9.59 Å². The van der Waals surface area contributed by atoms with Crippen LogP contribution >= 0.6 is 23.2 Å². The highest BCUT2D eigenvalue weighted by Gasteiger charge is 2.08. The molecule has 0 unspecified atom stereocenters. The van der Waals surface area contributed by atoms with E-state index in [1.165, 1.54) is 6.92 Å². The Labute approximate surface area is 170 Å². The van der Waals surface area contributed by atoms with Crippen molar-refractivity contribution >= 4 is 46.5 Å².